The van der Waals surface area contributed by atoms with Crippen LogP contribution in [0.15, 0.2) is 151 Å². The van der Waals surface area contributed by atoms with E-state index in [9.17, 15) is 0 Å². The minimum Gasteiger partial charge on any atom is -0.309 e. The Morgan fingerprint density at radius 2 is 0.850 bits per heavy atom. The molecule has 4 aromatic heterocycles. The number of fused-ring (bicyclic) bond motifs is 7. The first-order valence-corrected chi connectivity index (χ1v) is 21.6. The minimum absolute atomic E-state index is 0.267. The van der Waals surface area contributed by atoms with Gasteiger partial charge < -0.3 is 4.57 Å². The Bertz CT molecular complexity index is 3130. The summed E-state index contributed by atoms with van der Waals surface area (Å²) in [6.07, 6.45) is 1.92. The first-order valence-electron chi connectivity index (χ1n) is 21.6. The first-order chi connectivity index (χ1) is 29.1. The lowest BCUT2D eigenvalue weighted by atomic mass is 9.92. The Balaban J connectivity index is 1.38. The first kappa shape index (κ1) is 37.6. The van der Waals surface area contributed by atoms with Gasteiger partial charge in [-0.05, 0) is 94.5 Å². The van der Waals surface area contributed by atoms with Gasteiger partial charge in [-0.1, -0.05) is 146 Å². The van der Waals surface area contributed by atoms with Crippen molar-refractivity contribution in [3.63, 3.8) is 0 Å². The van der Waals surface area contributed by atoms with Crippen molar-refractivity contribution in [1.29, 1.82) is 0 Å². The molecule has 10 rings (SSSR count). The molecule has 10 aromatic rings. The van der Waals surface area contributed by atoms with Gasteiger partial charge in [0.25, 0.3) is 0 Å². The van der Waals surface area contributed by atoms with Crippen molar-refractivity contribution in [2.75, 3.05) is 0 Å². The summed E-state index contributed by atoms with van der Waals surface area (Å²) in [4.78, 5) is 5.23. The zero-order valence-electron chi connectivity index (χ0n) is 35.8. The largest absolute Gasteiger partial charge is 0.309 e. The highest BCUT2D eigenvalue weighted by molar-refractivity contribution is 6.11. The second-order valence-corrected chi connectivity index (χ2v) is 17.5. The van der Waals surface area contributed by atoms with E-state index < -0.39 is 0 Å². The van der Waals surface area contributed by atoms with Crippen LogP contribution in [-0.2, 0) is 0 Å². The summed E-state index contributed by atoms with van der Waals surface area (Å²) >= 11 is 0. The minimum atomic E-state index is 0.267. The molecule has 6 heteroatoms. The zero-order valence-corrected chi connectivity index (χ0v) is 35.8. The average Bonchev–Trinajstić information content (AvgIpc) is 3.88. The lowest BCUT2D eigenvalue weighted by molar-refractivity contribution is 0.737. The molecule has 0 aliphatic rings. The Hall–Kier alpha value is -6.66. The number of nitrogens with zero attached hydrogens (tertiary/aromatic N) is 6. The maximum Gasteiger partial charge on any atom is 0.239 e. The lowest BCUT2D eigenvalue weighted by Gasteiger charge is -2.22. The van der Waals surface area contributed by atoms with Crippen LogP contribution in [0.3, 0.4) is 0 Å². The van der Waals surface area contributed by atoms with Crippen molar-refractivity contribution < 1.29 is 0 Å². The number of para-hydroxylation sites is 5. The maximum absolute atomic E-state index is 5.94. The SMILES string of the molecule is CC(C)c1cccc(C(C)C)c1-n1c(=Nn2c3ccccc3c3cc(-n4c5ccccc5c5ccccc54)ccc32)n(-c2c(C(C)C)cccc2C(C)C)c2ncccc21. The monoisotopic (exact) mass is 784 g/mol. The van der Waals surface area contributed by atoms with E-state index >= 15 is 0 Å². The van der Waals surface area contributed by atoms with E-state index in [4.69, 9.17) is 10.1 Å². The van der Waals surface area contributed by atoms with Crippen molar-refractivity contribution in [3.8, 4) is 17.1 Å². The van der Waals surface area contributed by atoms with Crippen molar-refractivity contribution >= 4 is 54.8 Å². The molecule has 0 fully saturated rings. The third kappa shape index (κ3) is 5.76. The van der Waals surface area contributed by atoms with Gasteiger partial charge in [-0.25, -0.2) is 9.66 Å². The van der Waals surface area contributed by atoms with E-state index in [2.05, 4.69) is 213 Å². The quantitative estimate of drug-likeness (QED) is 0.151. The number of hydrogen-bond donors (Lipinski definition) is 0. The summed E-state index contributed by atoms with van der Waals surface area (Å²) in [5.74, 6) is 1.08. The van der Waals surface area contributed by atoms with Gasteiger partial charge >= 0.3 is 0 Å². The summed E-state index contributed by atoms with van der Waals surface area (Å²) in [5.41, 5.74) is 15.8. The van der Waals surface area contributed by atoms with Gasteiger partial charge in [-0.15, -0.1) is 5.10 Å². The van der Waals surface area contributed by atoms with E-state index in [1.165, 1.54) is 49.7 Å². The molecule has 0 saturated heterocycles. The number of benzene rings is 6. The summed E-state index contributed by atoms with van der Waals surface area (Å²) < 4.78 is 9.37. The third-order valence-electron chi connectivity index (χ3n) is 12.4. The number of rotatable bonds is 8. The van der Waals surface area contributed by atoms with Gasteiger partial charge in [-0.3, -0.25) is 9.13 Å². The molecule has 0 saturated carbocycles. The molecule has 0 N–H and O–H groups in total. The number of pyridine rings is 1. The fourth-order valence-corrected chi connectivity index (χ4v) is 9.57. The number of hydrogen-bond acceptors (Lipinski definition) is 2. The van der Waals surface area contributed by atoms with E-state index in [-0.39, 0.29) is 23.7 Å². The molecule has 298 valence electrons. The van der Waals surface area contributed by atoms with Crippen LogP contribution < -0.4 is 5.62 Å². The maximum atomic E-state index is 5.94. The van der Waals surface area contributed by atoms with Gasteiger partial charge in [0.05, 0.1) is 39.0 Å². The summed E-state index contributed by atoms with van der Waals surface area (Å²) in [6.45, 7) is 18.3. The molecule has 6 aromatic carbocycles. The van der Waals surface area contributed by atoms with E-state index in [0.717, 1.165) is 50.0 Å². The van der Waals surface area contributed by atoms with Crippen LogP contribution in [0.5, 0.6) is 0 Å². The Labute approximate surface area is 351 Å². The van der Waals surface area contributed by atoms with Crippen LogP contribution in [0, 0.1) is 0 Å². The lowest BCUT2D eigenvalue weighted by Crippen LogP contribution is -2.29. The second-order valence-electron chi connectivity index (χ2n) is 17.5. The summed E-state index contributed by atoms with van der Waals surface area (Å²) in [5, 5.41) is 10.7. The normalized spacial score (nSPS) is 12.7. The van der Waals surface area contributed by atoms with Gasteiger partial charge in [0, 0.05) is 33.4 Å². The molecule has 0 radical (unpaired) electrons. The van der Waals surface area contributed by atoms with Crippen LogP contribution in [0.2, 0.25) is 0 Å². The van der Waals surface area contributed by atoms with Crippen molar-refractivity contribution in [2.24, 2.45) is 5.10 Å². The molecule has 6 nitrogen and oxygen atoms in total. The predicted octanol–water partition coefficient (Wildman–Crippen LogP) is 13.9. The number of imidazole rings is 1. The molecule has 4 heterocycles. The summed E-state index contributed by atoms with van der Waals surface area (Å²) in [6, 6.07) is 50.9. The molecule has 0 aliphatic carbocycles. The molecule has 0 aliphatic heterocycles. The van der Waals surface area contributed by atoms with Gasteiger partial charge in [0.15, 0.2) is 5.65 Å². The Morgan fingerprint density at radius 3 is 1.38 bits per heavy atom. The average molecular weight is 785 g/mol. The molecule has 0 amide bonds. The Morgan fingerprint density at radius 1 is 0.400 bits per heavy atom. The predicted molar refractivity (Wildman–Crippen MR) is 251 cm³/mol. The number of aromatic nitrogens is 5. The van der Waals surface area contributed by atoms with Crippen LogP contribution in [0.25, 0.3) is 71.8 Å². The zero-order chi connectivity index (χ0) is 41.4. The third-order valence-corrected chi connectivity index (χ3v) is 12.4. The standard InChI is InChI=1S/C54H52N6/c1-33(2)38-21-15-22-39(34(3)4)51(38)58-50-28-17-31-55-53(50)59(52-40(35(5)6)23-16-24-41(52)36(7)8)54(58)56-60-48-27-14-11-20-44(48)45-32-37(29-30-49(45)60)57-46-25-12-9-18-42(46)43-19-10-13-26-47(43)57/h9-36H,1-8H3. The molecular weight excluding hydrogens is 733 g/mol. The molecular formula is C54H52N6. The molecule has 0 unspecified atom stereocenters. The summed E-state index contributed by atoms with van der Waals surface area (Å²) in [7, 11) is 0. The topological polar surface area (TPSA) is 45.0 Å². The van der Waals surface area contributed by atoms with E-state index in [1.54, 1.807) is 0 Å². The van der Waals surface area contributed by atoms with Crippen LogP contribution in [-0.4, -0.2) is 23.4 Å². The highest BCUT2D eigenvalue weighted by atomic mass is 15.4. The molecule has 0 atom stereocenters. The van der Waals surface area contributed by atoms with Gasteiger partial charge in [-0.2, -0.15) is 0 Å². The Kier molecular flexibility index (Phi) is 9.12. The van der Waals surface area contributed by atoms with Crippen LogP contribution >= 0.6 is 0 Å². The molecule has 60 heavy (non-hydrogen) atoms. The molecule has 0 spiro atoms. The highest BCUT2D eigenvalue weighted by Crippen LogP contribution is 2.38. The van der Waals surface area contributed by atoms with Crippen molar-refractivity contribution in [3.05, 3.63) is 174 Å². The smallest absolute Gasteiger partial charge is 0.239 e. The van der Waals surface area contributed by atoms with Gasteiger partial charge in [0.2, 0.25) is 5.62 Å². The van der Waals surface area contributed by atoms with Gasteiger partial charge in [0.1, 0.15) is 0 Å². The van der Waals surface area contributed by atoms with Crippen molar-refractivity contribution in [1.82, 2.24) is 23.4 Å². The van der Waals surface area contributed by atoms with E-state index in [0.29, 0.717) is 0 Å². The fraction of sp³-hybridized carbons (Fsp3) is 0.222. The van der Waals surface area contributed by atoms with Crippen molar-refractivity contribution in [2.45, 2.75) is 79.1 Å². The fourth-order valence-electron chi connectivity index (χ4n) is 9.57. The highest BCUT2D eigenvalue weighted by Gasteiger charge is 2.27. The van der Waals surface area contributed by atoms with Crippen LogP contribution in [0.4, 0.5) is 0 Å². The second kappa shape index (κ2) is 14.6. The van der Waals surface area contributed by atoms with Crippen LogP contribution in [0.1, 0.15) is 101 Å². The van der Waals surface area contributed by atoms with E-state index in [1.807, 2.05) is 6.20 Å². The molecule has 0 bridgehead atoms.